The molecule has 0 amide bonds. The van der Waals surface area contributed by atoms with Gasteiger partial charge in [-0.25, -0.2) is 0 Å². The van der Waals surface area contributed by atoms with E-state index >= 15 is 0 Å². The van der Waals surface area contributed by atoms with Crippen LogP contribution in [-0.4, -0.2) is 27.2 Å². The highest BCUT2D eigenvalue weighted by Crippen LogP contribution is 2.04. The predicted octanol–water partition coefficient (Wildman–Crippen LogP) is 1.09. The Morgan fingerprint density at radius 3 is 2.81 bits per heavy atom. The van der Waals surface area contributed by atoms with Crippen LogP contribution in [0, 0.1) is 0 Å². The first-order valence-corrected chi connectivity index (χ1v) is 5.37. The Labute approximate surface area is 94.3 Å². The van der Waals surface area contributed by atoms with Crippen LogP contribution in [-0.2, 0) is 6.42 Å². The summed E-state index contributed by atoms with van der Waals surface area (Å²) in [6.07, 6.45) is 1.00. The summed E-state index contributed by atoms with van der Waals surface area (Å²) in [5, 5.41) is 17.2. The van der Waals surface area contributed by atoms with Crippen molar-refractivity contribution >= 4 is 0 Å². The van der Waals surface area contributed by atoms with Crippen molar-refractivity contribution in [3.63, 3.8) is 0 Å². The van der Waals surface area contributed by atoms with Crippen LogP contribution in [0.2, 0.25) is 0 Å². The van der Waals surface area contributed by atoms with Gasteiger partial charge in [-0.2, -0.15) is 5.21 Å². The summed E-state index contributed by atoms with van der Waals surface area (Å²) in [6, 6.07) is 10.5. The number of tetrazole rings is 1. The van der Waals surface area contributed by atoms with Gasteiger partial charge >= 0.3 is 0 Å². The summed E-state index contributed by atoms with van der Waals surface area (Å²) in [5.41, 5.74) is 1.33. The standard InChI is InChI=1S/C11H15N5/c1-9(11-13-15-16-14-11)12-8-7-10-5-3-2-4-6-10/h2-6,9,12H,7-8H2,1H3,(H,13,14,15,16). The second-order valence-electron chi connectivity index (χ2n) is 3.68. The number of nitrogens with one attached hydrogen (secondary N) is 2. The highest BCUT2D eigenvalue weighted by atomic mass is 15.5. The van der Waals surface area contributed by atoms with Crippen molar-refractivity contribution in [1.29, 1.82) is 0 Å². The normalized spacial score (nSPS) is 12.6. The number of H-pyrrole nitrogens is 1. The molecule has 0 fully saturated rings. The van der Waals surface area contributed by atoms with Gasteiger partial charge in [-0.15, -0.1) is 10.2 Å². The minimum atomic E-state index is 0.127. The van der Waals surface area contributed by atoms with Gasteiger partial charge in [-0.3, -0.25) is 0 Å². The number of hydrogen-bond acceptors (Lipinski definition) is 4. The third-order valence-corrected chi connectivity index (χ3v) is 2.46. The van der Waals surface area contributed by atoms with Crippen LogP contribution in [0.4, 0.5) is 0 Å². The zero-order valence-corrected chi connectivity index (χ0v) is 9.22. The van der Waals surface area contributed by atoms with E-state index in [4.69, 9.17) is 0 Å². The van der Waals surface area contributed by atoms with Crippen molar-refractivity contribution in [3.05, 3.63) is 41.7 Å². The number of hydrogen-bond donors (Lipinski definition) is 2. The lowest BCUT2D eigenvalue weighted by Gasteiger charge is -2.09. The molecule has 0 spiro atoms. The first-order chi connectivity index (χ1) is 7.86. The molecule has 1 heterocycles. The number of rotatable bonds is 5. The highest BCUT2D eigenvalue weighted by molar-refractivity contribution is 5.14. The van der Waals surface area contributed by atoms with Crippen molar-refractivity contribution in [2.75, 3.05) is 6.54 Å². The van der Waals surface area contributed by atoms with Crippen LogP contribution in [0.3, 0.4) is 0 Å². The SMILES string of the molecule is CC(NCCc1ccccc1)c1nn[nH]n1. The van der Waals surface area contributed by atoms with Gasteiger partial charge in [0.25, 0.3) is 0 Å². The third-order valence-electron chi connectivity index (χ3n) is 2.46. The molecule has 1 unspecified atom stereocenters. The van der Waals surface area contributed by atoms with Crippen molar-refractivity contribution in [2.45, 2.75) is 19.4 Å². The molecular weight excluding hydrogens is 202 g/mol. The second-order valence-corrected chi connectivity index (χ2v) is 3.68. The first-order valence-electron chi connectivity index (χ1n) is 5.37. The van der Waals surface area contributed by atoms with Gasteiger partial charge in [0.2, 0.25) is 0 Å². The summed E-state index contributed by atoms with van der Waals surface area (Å²) in [7, 11) is 0. The molecule has 0 saturated heterocycles. The fourth-order valence-corrected chi connectivity index (χ4v) is 1.52. The molecular formula is C11H15N5. The van der Waals surface area contributed by atoms with Gasteiger partial charge < -0.3 is 5.32 Å². The van der Waals surface area contributed by atoms with Gasteiger partial charge in [-0.05, 0) is 25.5 Å². The van der Waals surface area contributed by atoms with Gasteiger partial charge in [0.15, 0.2) is 5.82 Å². The van der Waals surface area contributed by atoms with Crippen LogP contribution >= 0.6 is 0 Å². The van der Waals surface area contributed by atoms with Gasteiger partial charge in [0.05, 0.1) is 6.04 Å². The molecule has 1 aromatic carbocycles. The largest absolute Gasteiger partial charge is 0.307 e. The van der Waals surface area contributed by atoms with Crippen LogP contribution in [0.25, 0.3) is 0 Å². The van der Waals surface area contributed by atoms with E-state index in [1.807, 2.05) is 13.0 Å². The van der Waals surface area contributed by atoms with Crippen LogP contribution in [0.1, 0.15) is 24.4 Å². The molecule has 16 heavy (non-hydrogen) atoms. The number of benzene rings is 1. The van der Waals surface area contributed by atoms with Gasteiger partial charge in [0, 0.05) is 0 Å². The lowest BCUT2D eigenvalue weighted by Crippen LogP contribution is -2.22. The molecule has 1 aromatic heterocycles. The van der Waals surface area contributed by atoms with Crippen molar-refractivity contribution in [1.82, 2.24) is 25.9 Å². The highest BCUT2D eigenvalue weighted by Gasteiger charge is 2.08. The molecule has 0 saturated carbocycles. The molecule has 0 aliphatic rings. The summed E-state index contributed by atoms with van der Waals surface area (Å²) in [6.45, 7) is 2.93. The van der Waals surface area contributed by atoms with Crippen molar-refractivity contribution in [3.8, 4) is 0 Å². The van der Waals surface area contributed by atoms with Crippen LogP contribution < -0.4 is 5.32 Å². The monoisotopic (exact) mass is 217 g/mol. The summed E-state index contributed by atoms with van der Waals surface area (Å²) in [4.78, 5) is 0. The molecule has 0 radical (unpaired) electrons. The number of nitrogens with zero attached hydrogens (tertiary/aromatic N) is 3. The molecule has 2 rings (SSSR count). The molecule has 5 nitrogen and oxygen atoms in total. The zero-order valence-electron chi connectivity index (χ0n) is 9.22. The minimum Gasteiger partial charge on any atom is -0.307 e. The Morgan fingerprint density at radius 2 is 2.12 bits per heavy atom. The second kappa shape index (κ2) is 5.37. The maximum absolute atomic E-state index is 3.93. The Bertz CT molecular complexity index is 398. The number of aromatic nitrogens is 4. The van der Waals surface area contributed by atoms with E-state index in [2.05, 4.69) is 50.2 Å². The van der Waals surface area contributed by atoms with E-state index < -0.39 is 0 Å². The summed E-state index contributed by atoms with van der Waals surface area (Å²) >= 11 is 0. The molecule has 84 valence electrons. The third kappa shape index (κ3) is 2.87. The molecule has 5 heteroatoms. The van der Waals surface area contributed by atoms with E-state index in [0.29, 0.717) is 5.82 Å². The average molecular weight is 217 g/mol. The first kappa shape index (κ1) is 10.8. The van der Waals surface area contributed by atoms with E-state index in [-0.39, 0.29) is 6.04 Å². The van der Waals surface area contributed by atoms with Crippen molar-refractivity contribution in [2.24, 2.45) is 0 Å². The zero-order chi connectivity index (χ0) is 11.2. The molecule has 0 aliphatic carbocycles. The topological polar surface area (TPSA) is 66.5 Å². The minimum absolute atomic E-state index is 0.127. The smallest absolute Gasteiger partial charge is 0.191 e. The summed E-state index contributed by atoms with van der Waals surface area (Å²) < 4.78 is 0. The Morgan fingerprint density at radius 1 is 1.31 bits per heavy atom. The fourth-order valence-electron chi connectivity index (χ4n) is 1.52. The van der Waals surface area contributed by atoms with E-state index in [1.165, 1.54) is 5.56 Å². The molecule has 0 aliphatic heterocycles. The van der Waals surface area contributed by atoms with Crippen LogP contribution in [0.5, 0.6) is 0 Å². The maximum Gasteiger partial charge on any atom is 0.191 e. The van der Waals surface area contributed by atoms with E-state index in [0.717, 1.165) is 13.0 Å². The molecule has 2 aromatic rings. The predicted molar refractivity (Wildman–Crippen MR) is 60.7 cm³/mol. The lowest BCUT2D eigenvalue weighted by atomic mass is 10.1. The molecule has 0 bridgehead atoms. The number of aromatic amines is 1. The average Bonchev–Trinajstić information content (AvgIpc) is 2.84. The summed E-state index contributed by atoms with van der Waals surface area (Å²) in [5.74, 6) is 0.702. The maximum atomic E-state index is 3.93. The fraction of sp³-hybridized carbons (Fsp3) is 0.364. The van der Waals surface area contributed by atoms with E-state index in [9.17, 15) is 0 Å². The quantitative estimate of drug-likeness (QED) is 0.787. The van der Waals surface area contributed by atoms with Gasteiger partial charge in [0.1, 0.15) is 0 Å². The van der Waals surface area contributed by atoms with Gasteiger partial charge in [-0.1, -0.05) is 35.5 Å². The molecule has 1 atom stereocenters. The van der Waals surface area contributed by atoms with Crippen LogP contribution in [0.15, 0.2) is 30.3 Å². The lowest BCUT2D eigenvalue weighted by molar-refractivity contribution is 0.550. The van der Waals surface area contributed by atoms with Crippen molar-refractivity contribution < 1.29 is 0 Å². The Balaban J connectivity index is 1.76. The Kier molecular flexibility index (Phi) is 3.61. The Hall–Kier alpha value is -1.75. The van der Waals surface area contributed by atoms with E-state index in [1.54, 1.807) is 0 Å². The molecule has 2 N–H and O–H groups in total.